The Bertz CT molecular complexity index is 464. The highest BCUT2D eigenvalue weighted by molar-refractivity contribution is 5.85. The number of rotatable bonds is 5. The van der Waals surface area contributed by atoms with E-state index in [9.17, 15) is 4.79 Å². The number of hydrogen-bond acceptors (Lipinski definition) is 4. The Hall–Kier alpha value is -1.11. The molecular formula is C15H27ClN4O2. The van der Waals surface area contributed by atoms with Gasteiger partial charge in [0.15, 0.2) is 0 Å². The zero-order valence-corrected chi connectivity index (χ0v) is 14.5. The van der Waals surface area contributed by atoms with Gasteiger partial charge in [-0.15, -0.1) is 12.4 Å². The minimum atomic E-state index is 0. The second kappa shape index (κ2) is 8.50. The van der Waals surface area contributed by atoms with Gasteiger partial charge in [0.2, 0.25) is 5.91 Å². The minimum Gasteiger partial charge on any atom is -0.378 e. The Morgan fingerprint density at radius 2 is 2.09 bits per heavy atom. The summed E-state index contributed by atoms with van der Waals surface area (Å²) in [5, 5.41) is 10.5. The highest BCUT2D eigenvalue weighted by Gasteiger charge is 2.20. The van der Waals surface area contributed by atoms with Crippen LogP contribution in [-0.4, -0.2) is 53.9 Å². The van der Waals surface area contributed by atoms with Gasteiger partial charge in [0.25, 0.3) is 0 Å². The lowest BCUT2D eigenvalue weighted by molar-refractivity contribution is -0.135. The van der Waals surface area contributed by atoms with Crippen LogP contribution < -0.4 is 5.32 Å². The predicted octanol–water partition coefficient (Wildman–Crippen LogP) is 1.47. The van der Waals surface area contributed by atoms with Crippen LogP contribution in [0.4, 0.5) is 0 Å². The molecule has 0 radical (unpaired) electrons. The Balaban J connectivity index is 0.00000242. The summed E-state index contributed by atoms with van der Waals surface area (Å²) in [6.45, 7) is 10.6. The molecule has 0 saturated carbocycles. The summed E-state index contributed by atoms with van der Waals surface area (Å²) in [4.78, 5) is 13.9. The van der Waals surface area contributed by atoms with Crippen LogP contribution in [0.1, 0.15) is 38.4 Å². The van der Waals surface area contributed by atoms with Crippen LogP contribution in [0.5, 0.6) is 0 Å². The van der Waals surface area contributed by atoms with Gasteiger partial charge in [0, 0.05) is 49.3 Å². The van der Waals surface area contributed by atoms with Gasteiger partial charge in [-0.1, -0.05) is 20.8 Å². The van der Waals surface area contributed by atoms with Gasteiger partial charge >= 0.3 is 0 Å². The number of H-pyrrole nitrogens is 1. The first-order valence-electron chi connectivity index (χ1n) is 7.57. The number of nitrogens with zero attached hydrogens (tertiary/aromatic N) is 2. The molecule has 6 nitrogen and oxygen atoms in total. The first kappa shape index (κ1) is 18.9. The Morgan fingerprint density at radius 3 is 2.73 bits per heavy atom. The Morgan fingerprint density at radius 1 is 1.41 bits per heavy atom. The predicted molar refractivity (Wildman–Crippen MR) is 88.3 cm³/mol. The highest BCUT2D eigenvalue weighted by Crippen LogP contribution is 2.23. The molecule has 7 heteroatoms. The lowest BCUT2D eigenvalue weighted by Gasteiger charge is -2.26. The molecule has 1 aliphatic heterocycles. The SMILES string of the molecule is CC(C)(C)c1[nH]ncc1CNCCC(=O)N1CCOCC1.Cl. The molecule has 1 aliphatic rings. The zero-order chi connectivity index (χ0) is 15.3. The lowest BCUT2D eigenvalue weighted by Crippen LogP contribution is -2.41. The average Bonchev–Trinajstić information content (AvgIpc) is 2.93. The van der Waals surface area contributed by atoms with Gasteiger partial charge in [-0.25, -0.2) is 0 Å². The topological polar surface area (TPSA) is 70.2 Å². The summed E-state index contributed by atoms with van der Waals surface area (Å²) in [5.74, 6) is 0.203. The van der Waals surface area contributed by atoms with Crippen molar-refractivity contribution in [3.8, 4) is 0 Å². The molecule has 22 heavy (non-hydrogen) atoms. The Labute approximate surface area is 138 Å². The molecule has 1 aromatic heterocycles. The molecule has 2 heterocycles. The summed E-state index contributed by atoms with van der Waals surface area (Å²) in [7, 11) is 0. The van der Waals surface area contributed by atoms with Crippen molar-refractivity contribution in [3.05, 3.63) is 17.5 Å². The molecule has 0 aliphatic carbocycles. The fourth-order valence-corrected chi connectivity index (χ4v) is 2.48. The van der Waals surface area contributed by atoms with Crippen molar-refractivity contribution in [1.29, 1.82) is 0 Å². The second-order valence-corrected chi connectivity index (χ2v) is 6.44. The number of morpholine rings is 1. The van der Waals surface area contributed by atoms with E-state index in [1.54, 1.807) is 0 Å². The van der Waals surface area contributed by atoms with E-state index < -0.39 is 0 Å². The molecule has 0 unspecified atom stereocenters. The zero-order valence-electron chi connectivity index (χ0n) is 13.6. The maximum Gasteiger partial charge on any atom is 0.224 e. The average molecular weight is 331 g/mol. The van der Waals surface area contributed by atoms with Crippen molar-refractivity contribution in [2.24, 2.45) is 0 Å². The van der Waals surface area contributed by atoms with Crippen molar-refractivity contribution in [2.45, 2.75) is 39.2 Å². The van der Waals surface area contributed by atoms with Crippen LogP contribution in [0.2, 0.25) is 0 Å². The smallest absolute Gasteiger partial charge is 0.224 e. The third kappa shape index (κ3) is 5.26. The number of carbonyl (C=O) groups excluding carboxylic acids is 1. The fourth-order valence-electron chi connectivity index (χ4n) is 2.48. The van der Waals surface area contributed by atoms with Crippen LogP contribution in [0.15, 0.2) is 6.20 Å². The summed E-state index contributed by atoms with van der Waals surface area (Å²) in [5.41, 5.74) is 2.37. The largest absolute Gasteiger partial charge is 0.378 e. The van der Waals surface area contributed by atoms with E-state index in [2.05, 4.69) is 36.3 Å². The van der Waals surface area contributed by atoms with Crippen molar-refractivity contribution in [2.75, 3.05) is 32.8 Å². The molecule has 126 valence electrons. The van der Waals surface area contributed by atoms with E-state index >= 15 is 0 Å². The van der Waals surface area contributed by atoms with Crippen molar-refractivity contribution < 1.29 is 9.53 Å². The molecule has 0 atom stereocenters. The normalized spacial score (nSPS) is 15.5. The minimum absolute atomic E-state index is 0. The first-order valence-corrected chi connectivity index (χ1v) is 7.57. The number of aromatic amines is 1. The molecule has 1 aromatic rings. The van der Waals surface area contributed by atoms with Gasteiger partial charge in [-0.05, 0) is 0 Å². The van der Waals surface area contributed by atoms with E-state index in [1.807, 2.05) is 11.1 Å². The van der Waals surface area contributed by atoms with Crippen LogP contribution in [0, 0.1) is 0 Å². The van der Waals surface area contributed by atoms with E-state index in [4.69, 9.17) is 4.74 Å². The van der Waals surface area contributed by atoms with Crippen molar-refractivity contribution in [1.82, 2.24) is 20.4 Å². The number of aromatic nitrogens is 2. The maximum atomic E-state index is 12.0. The maximum absolute atomic E-state index is 12.0. The monoisotopic (exact) mass is 330 g/mol. The summed E-state index contributed by atoms with van der Waals surface area (Å²) in [6.07, 6.45) is 2.39. The quantitative estimate of drug-likeness (QED) is 0.802. The standard InChI is InChI=1S/C15H26N4O2.ClH/c1-15(2,3)14-12(11-17-18-14)10-16-5-4-13(20)19-6-8-21-9-7-19;/h11,16H,4-10H2,1-3H3,(H,17,18);1H. The molecule has 1 fully saturated rings. The molecule has 1 saturated heterocycles. The second-order valence-electron chi connectivity index (χ2n) is 6.44. The number of amides is 1. The number of ether oxygens (including phenoxy) is 1. The molecule has 0 bridgehead atoms. The Kier molecular flexibility index (Phi) is 7.32. The molecule has 2 rings (SSSR count). The summed E-state index contributed by atoms with van der Waals surface area (Å²) < 4.78 is 5.25. The number of halogens is 1. The highest BCUT2D eigenvalue weighted by atomic mass is 35.5. The molecule has 0 spiro atoms. The van der Waals surface area contributed by atoms with Gasteiger partial charge in [0.1, 0.15) is 0 Å². The van der Waals surface area contributed by atoms with Crippen LogP contribution in [0.25, 0.3) is 0 Å². The number of nitrogens with one attached hydrogen (secondary N) is 2. The molecule has 0 aromatic carbocycles. The first-order chi connectivity index (χ1) is 9.98. The van der Waals surface area contributed by atoms with E-state index in [1.165, 1.54) is 5.56 Å². The van der Waals surface area contributed by atoms with Gasteiger partial charge in [-0.3, -0.25) is 9.89 Å². The van der Waals surface area contributed by atoms with E-state index in [0.29, 0.717) is 26.2 Å². The van der Waals surface area contributed by atoms with Crippen molar-refractivity contribution in [3.63, 3.8) is 0 Å². The van der Waals surface area contributed by atoms with Gasteiger partial charge < -0.3 is 15.0 Å². The lowest BCUT2D eigenvalue weighted by atomic mass is 9.89. The van der Waals surface area contributed by atoms with Crippen LogP contribution in [0.3, 0.4) is 0 Å². The molecular weight excluding hydrogens is 304 g/mol. The third-order valence-corrected chi connectivity index (χ3v) is 3.66. The summed E-state index contributed by atoms with van der Waals surface area (Å²) in [6, 6.07) is 0. The van der Waals surface area contributed by atoms with Crippen LogP contribution in [-0.2, 0) is 21.5 Å². The van der Waals surface area contributed by atoms with Crippen LogP contribution >= 0.6 is 12.4 Å². The third-order valence-electron chi connectivity index (χ3n) is 3.66. The molecule has 1 amide bonds. The van der Waals surface area contributed by atoms with Gasteiger partial charge in [0.05, 0.1) is 19.4 Å². The summed E-state index contributed by atoms with van der Waals surface area (Å²) >= 11 is 0. The fraction of sp³-hybridized carbons (Fsp3) is 0.733. The van der Waals surface area contributed by atoms with Gasteiger partial charge in [-0.2, -0.15) is 5.10 Å². The number of hydrogen-bond donors (Lipinski definition) is 2. The van der Waals surface area contributed by atoms with Crippen molar-refractivity contribution >= 4 is 18.3 Å². The van der Waals surface area contributed by atoms with E-state index in [0.717, 1.165) is 25.3 Å². The van der Waals surface area contributed by atoms with E-state index in [-0.39, 0.29) is 23.7 Å². The number of carbonyl (C=O) groups is 1. The molecule has 2 N–H and O–H groups in total.